The molecule has 5 heterocycles. The monoisotopic (exact) mass is 558 g/mol. The SMILES string of the molecule is O=C1C[C@@H]2OCC=C3C[N+]4(CC5CCCCC5)CC[C@]56c7ccccc7N1[C@H]5[C@H]2[C@H]3C[C@@H]64.[I-]. The highest BCUT2D eigenvalue weighted by atomic mass is 127. The Morgan fingerprint density at radius 2 is 2.00 bits per heavy atom. The van der Waals surface area contributed by atoms with Crippen LogP contribution in [0.5, 0.6) is 0 Å². The predicted octanol–water partition coefficient (Wildman–Crippen LogP) is 1.19. The van der Waals surface area contributed by atoms with E-state index in [1.165, 1.54) is 80.3 Å². The van der Waals surface area contributed by atoms with Crippen molar-refractivity contribution in [2.45, 2.75) is 75.0 Å². The molecule has 0 N–H and O–H groups in total. The fourth-order valence-corrected chi connectivity index (χ4v) is 10.1. The van der Waals surface area contributed by atoms with Crippen LogP contribution >= 0.6 is 0 Å². The van der Waals surface area contributed by atoms with Crippen LogP contribution < -0.4 is 28.9 Å². The van der Waals surface area contributed by atoms with Gasteiger partial charge < -0.3 is 38.1 Å². The van der Waals surface area contributed by atoms with Gasteiger partial charge in [-0.1, -0.05) is 43.5 Å². The standard InChI is InChI=1S/C28H35N2O2.HI/c31-25-15-23-26-20-14-24-28(21-8-4-5-9-22(21)29(25)27(26)28)11-12-30(24,17-19(20)10-13-32-23)16-18-6-2-1-3-7-18;/h4-5,8-10,18,20,23-24,26-27H,1-3,6-7,11-17H2;1H/q+1;/p-1/t20-,23-,24-,26-,27-,28+,30?;/m0./s1. The maximum atomic E-state index is 13.6. The van der Waals surface area contributed by atoms with E-state index < -0.39 is 0 Å². The number of rotatable bonds is 2. The smallest absolute Gasteiger partial charge is 0.229 e. The Labute approximate surface area is 214 Å². The summed E-state index contributed by atoms with van der Waals surface area (Å²) in [5.41, 5.74) is 4.56. The molecule has 3 saturated heterocycles. The van der Waals surface area contributed by atoms with Crippen LogP contribution in [0.25, 0.3) is 0 Å². The summed E-state index contributed by atoms with van der Waals surface area (Å²) >= 11 is 0. The van der Waals surface area contributed by atoms with Crippen molar-refractivity contribution in [1.29, 1.82) is 0 Å². The molecule has 2 bridgehead atoms. The molecule has 33 heavy (non-hydrogen) atoms. The first-order valence-electron chi connectivity index (χ1n) is 13.3. The van der Waals surface area contributed by atoms with E-state index in [1.54, 1.807) is 5.57 Å². The van der Waals surface area contributed by atoms with Gasteiger partial charge in [0, 0.05) is 30.4 Å². The topological polar surface area (TPSA) is 29.5 Å². The second-order valence-corrected chi connectivity index (χ2v) is 12.1. The normalized spacial score (nSPS) is 44.6. The summed E-state index contributed by atoms with van der Waals surface area (Å²) in [5.74, 6) is 2.29. The maximum absolute atomic E-state index is 13.6. The van der Waals surface area contributed by atoms with Gasteiger partial charge in [0.15, 0.2) is 0 Å². The number of anilines is 1. The number of carbonyl (C=O) groups is 1. The van der Waals surface area contributed by atoms with Crippen LogP contribution in [0.4, 0.5) is 5.69 Å². The zero-order valence-corrected chi connectivity index (χ0v) is 21.6. The van der Waals surface area contributed by atoms with E-state index >= 15 is 0 Å². The Bertz CT molecular complexity index is 1030. The Morgan fingerprint density at radius 1 is 1.15 bits per heavy atom. The maximum Gasteiger partial charge on any atom is 0.229 e. The molecular formula is C28H35IN2O2. The summed E-state index contributed by atoms with van der Waals surface area (Å²) < 4.78 is 7.75. The largest absolute Gasteiger partial charge is 1.00 e. The number of quaternary nitrogens is 1. The van der Waals surface area contributed by atoms with Gasteiger partial charge in [-0.3, -0.25) is 4.79 Å². The van der Waals surface area contributed by atoms with Gasteiger partial charge in [0.25, 0.3) is 0 Å². The average molecular weight is 559 g/mol. The highest BCUT2D eigenvalue weighted by molar-refractivity contribution is 5.99. The number of benzene rings is 1. The summed E-state index contributed by atoms with van der Waals surface area (Å²) in [4.78, 5) is 15.9. The number of fused-ring (bicyclic) bond motifs is 2. The lowest BCUT2D eigenvalue weighted by atomic mass is 9.53. The summed E-state index contributed by atoms with van der Waals surface area (Å²) in [5, 5.41) is 0. The van der Waals surface area contributed by atoms with Crippen molar-refractivity contribution >= 4 is 11.6 Å². The zero-order valence-electron chi connectivity index (χ0n) is 19.4. The van der Waals surface area contributed by atoms with Gasteiger partial charge in [-0.05, 0) is 36.0 Å². The van der Waals surface area contributed by atoms with E-state index in [-0.39, 0.29) is 35.5 Å². The Balaban J connectivity index is 0.00000190. The van der Waals surface area contributed by atoms with Crippen molar-refractivity contribution in [3.8, 4) is 0 Å². The van der Waals surface area contributed by atoms with E-state index in [9.17, 15) is 4.79 Å². The molecule has 7 aliphatic rings. The molecule has 8 rings (SSSR count). The summed E-state index contributed by atoms with van der Waals surface area (Å²) in [7, 11) is 0. The molecule has 176 valence electrons. The van der Waals surface area contributed by atoms with Crippen LogP contribution in [0.15, 0.2) is 35.9 Å². The minimum Gasteiger partial charge on any atom is -1.00 e. The van der Waals surface area contributed by atoms with Gasteiger partial charge in [-0.25, -0.2) is 0 Å². The van der Waals surface area contributed by atoms with Crippen LogP contribution in [0.3, 0.4) is 0 Å². The summed E-state index contributed by atoms with van der Waals surface area (Å²) in [6.07, 6.45) is 12.8. The highest BCUT2D eigenvalue weighted by Crippen LogP contribution is 2.67. The molecular weight excluding hydrogens is 523 g/mol. The van der Waals surface area contributed by atoms with E-state index in [1.807, 2.05) is 0 Å². The lowest BCUT2D eigenvalue weighted by Crippen LogP contribution is -3.00. The molecule has 1 unspecified atom stereocenters. The molecule has 1 aromatic rings. The molecule has 5 heteroatoms. The lowest BCUT2D eigenvalue weighted by Gasteiger charge is -2.60. The lowest BCUT2D eigenvalue weighted by molar-refractivity contribution is -0.946. The van der Waals surface area contributed by atoms with E-state index in [2.05, 4.69) is 35.2 Å². The minimum atomic E-state index is 0. The molecule has 0 radical (unpaired) electrons. The fraction of sp³-hybridized carbons (Fsp3) is 0.679. The molecule has 5 fully saturated rings. The van der Waals surface area contributed by atoms with Gasteiger partial charge in [-0.15, -0.1) is 0 Å². The van der Waals surface area contributed by atoms with Crippen molar-refractivity contribution in [3.05, 3.63) is 41.5 Å². The first kappa shape index (κ1) is 21.4. The highest BCUT2D eigenvalue weighted by Gasteiger charge is 2.76. The number of hydrogen-bond acceptors (Lipinski definition) is 2. The third kappa shape index (κ3) is 2.57. The van der Waals surface area contributed by atoms with Crippen LogP contribution in [0, 0.1) is 17.8 Å². The average Bonchev–Trinajstić information content (AvgIpc) is 3.24. The van der Waals surface area contributed by atoms with Crippen molar-refractivity contribution < 1.29 is 38.0 Å². The number of carbonyl (C=O) groups excluding carboxylic acids is 1. The number of halogens is 1. The number of amides is 1. The van der Waals surface area contributed by atoms with E-state index in [0.717, 1.165) is 5.92 Å². The Hall–Kier alpha value is -0.920. The van der Waals surface area contributed by atoms with Gasteiger partial charge in [0.2, 0.25) is 5.91 Å². The molecule has 1 amide bonds. The molecule has 7 atom stereocenters. The zero-order chi connectivity index (χ0) is 21.1. The minimum absolute atomic E-state index is 0. The Morgan fingerprint density at radius 3 is 2.88 bits per heavy atom. The third-order valence-electron chi connectivity index (χ3n) is 11.1. The fourth-order valence-electron chi connectivity index (χ4n) is 10.1. The molecule has 1 spiro atoms. The first-order chi connectivity index (χ1) is 15.7. The number of ether oxygens (including phenoxy) is 1. The van der Waals surface area contributed by atoms with Gasteiger partial charge >= 0.3 is 0 Å². The van der Waals surface area contributed by atoms with Crippen molar-refractivity contribution in [3.63, 3.8) is 0 Å². The number of nitrogens with zero attached hydrogens (tertiary/aromatic N) is 2. The molecule has 0 aromatic heterocycles. The van der Waals surface area contributed by atoms with E-state index in [0.29, 0.717) is 42.9 Å². The number of para-hydroxylation sites is 1. The van der Waals surface area contributed by atoms with Crippen LogP contribution in [0.2, 0.25) is 0 Å². The number of hydrogen-bond donors (Lipinski definition) is 0. The predicted molar refractivity (Wildman–Crippen MR) is 123 cm³/mol. The molecule has 5 aliphatic heterocycles. The van der Waals surface area contributed by atoms with Crippen molar-refractivity contribution in [2.24, 2.45) is 17.8 Å². The van der Waals surface area contributed by atoms with Crippen LogP contribution in [-0.2, 0) is 14.9 Å². The summed E-state index contributed by atoms with van der Waals surface area (Å²) in [6, 6.07) is 9.98. The van der Waals surface area contributed by atoms with Crippen molar-refractivity contribution in [2.75, 3.05) is 31.1 Å². The van der Waals surface area contributed by atoms with Crippen LogP contribution in [0.1, 0.15) is 56.9 Å². The molecule has 1 aromatic carbocycles. The molecule has 2 saturated carbocycles. The molecule has 2 aliphatic carbocycles. The van der Waals surface area contributed by atoms with Gasteiger partial charge in [-0.2, -0.15) is 0 Å². The number of piperidine rings is 2. The quantitative estimate of drug-likeness (QED) is 0.310. The Kier molecular flexibility index (Phi) is 4.73. The van der Waals surface area contributed by atoms with Crippen LogP contribution in [-0.4, -0.2) is 54.8 Å². The van der Waals surface area contributed by atoms with Gasteiger partial charge in [0.05, 0.1) is 43.7 Å². The van der Waals surface area contributed by atoms with Crippen molar-refractivity contribution in [1.82, 2.24) is 0 Å². The summed E-state index contributed by atoms with van der Waals surface area (Å²) in [6.45, 7) is 4.63. The first-order valence-corrected chi connectivity index (χ1v) is 13.3. The van der Waals surface area contributed by atoms with Gasteiger partial charge in [0.1, 0.15) is 12.6 Å². The second kappa shape index (κ2) is 7.30. The molecule has 4 nitrogen and oxygen atoms in total. The second-order valence-electron chi connectivity index (χ2n) is 12.1. The van der Waals surface area contributed by atoms with E-state index in [4.69, 9.17) is 4.74 Å². The third-order valence-corrected chi connectivity index (χ3v) is 11.1.